The highest BCUT2D eigenvalue weighted by molar-refractivity contribution is 5.92. The number of hydrogen-bond donors (Lipinski definition) is 1. The first-order chi connectivity index (χ1) is 9.26. The van der Waals surface area contributed by atoms with Crippen LogP contribution in [0.4, 0.5) is 0 Å². The normalized spacial score (nSPS) is 18.0. The first-order valence-electron chi connectivity index (χ1n) is 6.72. The molecule has 4 heteroatoms. The van der Waals surface area contributed by atoms with Crippen LogP contribution in [0.3, 0.4) is 0 Å². The molecule has 1 amide bonds. The Balaban J connectivity index is 2.11. The van der Waals surface area contributed by atoms with Crippen molar-refractivity contribution in [1.29, 1.82) is 0 Å². The minimum absolute atomic E-state index is 0.0303. The maximum atomic E-state index is 12.3. The van der Waals surface area contributed by atoms with Crippen LogP contribution in [0.15, 0.2) is 18.3 Å². The minimum Gasteiger partial charge on any atom is -0.334 e. The molecule has 1 atom stereocenters. The van der Waals surface area contributed by atoms with E-state index in [1.165, 1.54) is 0 Å². The highest BCUT2D eigenvalue weighted by Gasteiger charge is 2.28. The van der Waals surface area contributed by atoms with Crippen molar-refractivity contribution in [3.05, 3.63) is 29.6 Å². The molecule has 19 heavy (non-hydrogen) atoms. The molecular formula is C15H19N3O. The zero-order valence-electron chi connectivity index (χ0n) is 11.2. The van der Waals surface area contributed by atoms with Gasteiger partial charge in [-0.3, -0.25) is 4.79 Å². The predicted molar refractivity (Wildman–Crippen MR) is 74.5 cm³/mol. The van der Waals surface area contributed by atoms with Crippen molar-refractivity contribution in [2.45, 2.75) is 32.2 Å². The molecule has 2 rings (SSSR count). The molecule has 2 N–H and O–H groups in total. The van der Waals surface area contributed by atoms with Crippen LogP contribution >= 0.6 is 0 Å². The molecule has 1 unspecified atom stereocenters. The lowest BCUT2D eigenvalue weighted by Gasteiger charge is -2.23. The fourth-order valence-corrected chi connectivity index (χ4v) is 2.42. The number of nitrogens with two attached hydrogens (primary N) is 1. The van der Waals surface area contributed by atoms with E-state index in [2.05, 4.69) is 23.7 Å². The summed E-state index contributed by atoms with van der Waals surface area (Å²) in [4.78, 5) is 18.5. The fourth-order valence-electron chi connectivity index (χ4n) is 2.42. The van der Waals surface area contributed by atoms with Crippen molar-refractivity contribution in [2.24, 2.45) is 5.73 Å². The van der Waals surface area contributed by atoms with Crippen molar-refractivity contribution in [3.8, 4) is 11.8 Å². The molecule has 2 heterocycles. The number of rotatable bonds is 2. The molecule has 1 aliphatic rings. The standard InChI is InChI=1S/C15H19N3O/c1-2-13-6-4-10-18(13)15(19)14-8-7-12(11-17-14)5-3-9-16/h7-8,11,13H,2,4,6,9-10,16H2,1H3. The highest BCUT2D eigenvalue weighted by atomic mass is 16.2. The highest BCUT2D eigenvalue weighted by Crippen LogP contribution is 2.21. The third-order valence-corrected chi connectivity index (χ3v) is 3.43. The Labute approximate surface area is 114 Å². The lowest BCUT2D eigenvalue weighted by atomic mass is 10.1. The Morgan fingerprint density at radius 3 is 3.05 bits per heavy atom. The Hall–Kier alpha value is -1.86. The van der Waals surface area contributed by atoms with Gasteiger partial charge in [-0.15, -0.1) is 0 Å². The number of amides is 1. The molecule has 1 saturated heterocycles. The molecule has 1 aliphatic heterocycles. The van der Waals surface area contributed by atoms with Crippen LogP contribution < -0.4 is 5.73 Å². The van der Waals surface area contributed by atoms with E-state index in [0.717, 1.165) is 31.4 Å². The van der Waals surface area contributed by atoms with Crippen LogP contribution in [-0.4, -0.2) is 34.9 Å². The van der Waals surface area contributed by atoms with Gasteiger partial charge >= 0.3 is 0 Å². The third-order valence-electron chi connectivity index (χ3n) is 3.43. The smallest absolute Gasteiger partial charge is 0.272 e. The summed E-state index contributed by atoms with van der Waals surface area (Å²) in [6.07, 6.45) is 4.82. The van der Waals surface area contributed by atoms with Gasteiger partial charge in [-0.25, -0.2) is 4.98 Å². The van der Waals surface area contributed by atoms with Gasteiger partial charge in [0, 0.05) is 24.3 Å². The van der Waals surface area contributed by atoms with E-state index in [1.54, 1.807) is 12.3 Å². The van der Waals surface area contributed by atoms with Crippen LogP contribution in [0.5, 0.6) is 0 Å². The van der Waals surface area contributed by atoms with Gasteiger partial charge in [0.1, 0.15) is 5.69 Å². The topological polar surface area (TPSA) is 59.2 Å². The second-order valence-corrected chi connectivity index (χ2v) is 4.64. The van der Waals surface area contributed by atoms with Crippen molar-refractivity contribution in [2.75, 3.05) is 13.1 Å². The van der Waals surface area contributed by atoms with E-state index >= 15 is 0 Å². The van der Waals surface area contributed by atoms with Gasteiger partial charge in [-0.2, -0.15) is 0 Å². The van der Waals surface area contributed by atoms with Crippen molar-refractivity contribution >= 4 is 5.91 Å². The maximum Gasteiger partial charge on any atom is 0.272 e. The number of pyridine rings is 1. The second-order valence-electron chi connectivity index (χ2n) is 4.64. The van der Waals surface area contributed by atoms with Crippen LogP contribution in [0.1, 0.15) is 42.2 Å². The molecule has 0 spiro atoms. The summed E-state index contributed by atoms with van der Waals surface area (Å²) in [5, 5.41) is 0. The average molecular weight is 257 g/mol. The quantitative estimate of drug-likeness (QED) is 0.815. The van der Waals surface area contributed by atoms with Crippen molar-refractivity contribution in [3.63, 3.8) is 0 Å². The Morgan fingerprint density at radius 2 is 2.42 bits per heavy atom. The molecule has 0 bridgehead atoms. The van der Waals surface area contributed by atoms with E-state index in [1.807, 2.05) is 11.0 Å². The van der Waals surface area contributed by atoms with E-state index in [9.17, 15) is 4.79 Å². The first kappa shape index (κ1) is 13.6. The number of aromatic nitrogens is 1. The van der Waals surface area contributed by atoms with Gasteiger partial charge < -0.3 is 10.6 Å². The zero-order valence-corrected chi connectivity index (χ0v) is 11.2. The van der Waals surface area contributed by atoms with Gasteiger partial charge in [-0.05, 0) is 31.4 Å². The first-order valence-corrected chi connectivity index (χ1v) is 6.72. The molecule has 1 aromatic rings. The molecule has 0 aromatic carbocycles. The van der Waals surface area contributed by atoms with Gasteiger partial charge in [0.25, 0.3) is 5.91 Å². The van der Waals surface area contributed by atoms with Crippen LogP contribution in [0.2, 0.25) is 0 Å². The van der Waals surface area contributed by atoms with E-state index in [4.69, 9.17) is 5.73 Å². The molecule has 1 fully saturated rings. The number of likely N-dealkylation sites (tertiary alicyclic amines) is 1. The largest absolute Gasteiger partial charge is 0.334 e. The van der Waals surface area contributed by atoms with Gasteiger partial charge in [0.15, 0.2) is 0 Å². The molecular weight excluding hydrogens is 238 g/mol. The minimum atomic E-state index is 0.0303. The monoisotopic (exact) mass is 257 g/mol. The van der Waals surface area contributed by atoms with Gasteiger partial charge in [0.05, 0.1) is 6.54 Å². The summed E-state index contributed by atoms with van der Waals surface area (Å²) in [5.41, 5.74) is 6.60. The number of nitrogens with zero attached hydrogens (tertiary/aromatic N) is 2. The number of carbonyl (C=O) groups excluding carboxylic acids is 1. The van der Waals surface area contributed by atoms with E-state index < -0.39 is 0 Å². The summed E-state index contributed by atoms with van der Waals surface area (Å²) in [7, 11) is 0. The van der Waals surface area contributed by atoms with Crippen molar-refractivity contribution < 1.29 is 4.79 Å². The summed E-state index contributed by atoms with van der Waals surface area (Å²) < 4.78 is 0. The van der Waals surface area contributed by atoms with E-state index in [-0.39, 0.29) is 5.91 Å². The fraction of sp³-hybridized carbons (Fsp3) is 0.467. The van der Waals surface area contributed by atoms with Crippen molar-refractivity contribution in [1.82, 2.24) is 9.88 Å². The summed E-state index contributed by atoms with van der Waals surface area (Å²) >= 11 is 0. The van der Waals surface area contributed by atoms with Crippen LogP contribution in [0, 0.1) is 11.8 Å². The maximum absolute atomic E-state index is 12.3. The number of hydrogen-bond acceptors (Lipinski definition) is 3. The SMILES string of the molecule is CCC1CCCN1C(=O)c1ccc(C#CCN)cn1. The summed E-state index contributed by atoms with van der Waals surface area (Å²) in [6, 6.07) is 3.93. The van der Waals surface area contributed by atoms with Gasteiger partial charge in [0.2, 0.25) is 0 Å². The average Bonchev–Trinajstić information content (AvgIpc) is 2.93. The predicted octanol–water partition coefficient (Wildman–Crippen LogP) is 1.41. The Morgan fingerprint density at radius 1 is 1.58 bits per heavy atom. The molecule has 4 nitrogen and oxygen atoms in total. The molecule has 1 aromatic heterocycles. The molecule has 0 aliphatic carbocycles. The lowest BCUT2D eigenvalue weighted by molar-refractivity contribution is 0.0727. The summed E-state index contributed by atoms with van der Waals surface area (Å²) in [6.45, 7) is 3.29. The van der Waals surface area contributed by atoms with Crippen LogP contribution in [0.25, 0.3) is 0 Å². The second kappa shape index (κ2) is 6.35. The summed E-state index contributed by atoms with van der Waals surface area (Å²) in [5.74, 6) is 5.69. The zero-order chi connectivity index (χ0) is 13.7. The van der Waals surface area contributed by atoms with Gasteiger partial charge in [-0.1, -0.05) is 18.8 Å². The number of carbonyl (C=O) groups is 1. The Bertz CT molecular complexity index is 498. The molecule has 0 saturated carbocycles. The molecule has 100 valence electrons. The molecule has 0 radical (unpaired) electrons. The van der Waals surface area contributed by atoms with Crippen LogP contribution in [-0.2, 0) is 0 Å². The van der Waals surface area contributed by atoms with E-state index in [0.29, 0.717) is 18.3 Å². The lowest BCUT2D eigenvalue weighted by Crippen LogP contribution is -2.35. The third kappa shape index (κ3) is 3.12. The Kier molecular flexibility index (Phi) is 4.53.